The quantitative estimate of drug-likeness (QED) is 0.208. The molecule has 0 aliphatic heterocycles. The van der Waals surface area contributed by atoms with Gasteiger partial charge < -0.3 is 0 Å². The van der Waals surface area contributed by atoms with Crippen LogP contribution in [0.1, 0.15) is 0 Å². The van der Waals surface area contributed by atoms with E-state index >= 15 is 0 Å². The zero-order valence-electron chi connectivity index (χ0n) is 4.29. The fraction of sp³-hybridized carbons (Fsp3) is 0.500. The molecular weight excluding hydrogens is 170 g/mol. The second-order valence-corrected chi connectivity index (χ2v) is 1.69. The van der Waals surface area contributed by atoms with Crippen LogP contribution in [-0.4, -0.2) is 11.9 Å². The number of azide groups is 1. The maximum atomic E-state index is 7.78. The monoisotopic (exact) mass is 175 g/mol. The number of nitrogens with zero attached hydrogens (tertiary/aromatic N) is 3. The number of rotatable bonds is 3. The van der Waals surface area contributed by atoms with Gasteiger partial charge in [-0.2, -0.15) is 0 Å². The Morgan fingerprint density at radius 3 is 2.88 bits per heavy atom. The van der Waals surface area contributed by atoms with Crippen molar-refractivity contribution in [3.05, 3.63) is 22.6 Å². The largest absolute Gasteiger partial charge is 0.0899 e. The summed E-state index contributed by atoms with van der Waals surface area (Å²) >= 11 is 3.18. The molecule has 0 heterocycles. The summed E-state index contributed by atoms with van der Waals surface area (Å²) in [5, 5.41) is 4.10. The highest BCUT2D eigenvalue weighted by Crippen LogP contribution is 1.81. The van der Waals surface area contributed by atoms with E-state index in [1.165, 1.54) is 0 Å². The average Bonchev–Trinajstić information content (AvgIpc) is 1.81. The van der Waals surface area contributed by atoms with Gasteiger partial charge in [-0.05, 0) is 5.53 Å². The molecule has 0 bridgehead atoms. The highest BCUT2D eigenvalue weighted by Gasteiger charge is 1.66. The normalized spacial score (nSPS) is 9.12. The minimum absolute atomic E-state index is 0.447. The van der Waals surface area contributed by atoms with Gasteiger partial charge >= 0.3 is 0 Å². The van der Waals surface area contributed by atoms with Crippen molar-refractivity contribution in [2.45, 2.75) is 0 Å². The van der Waals surface area contributed by atoms with E-state index in [4.69, 9.17) is 5.53 Å². The Morgan fingerprint density at radius 1 is 1.62 bits per heavy atom. The molecule has 0 aromatic carbocycles. The molecule has 44 valence electrons. The van der Waals surface area contributed by atoms with E-state index in [2.05, 4.69) is 26.0 Å². The SMILES string of the molecule is [N-]=[N+]=NC/C=C/CBr. The maximum Gasteiger partial charge on any atom is 0.0440 e. The molecule has 0 radical (unpaired) electrons. The van der Waals surface area contributed by atoms with Crippen molar-refractivity contribution in [3.63, 3.8) is 0 Å². The number of allylic oxidation sites excluding steroid dienone is 1. The number of alkyl halides is 1. The van der Waals surface area contributed by atoms with Gasteiger partial charge in [-0.25, -0.2) is 0 Å². The van der Waals surface area contributed by atoms with Crippen LogP contribution in [0.4, 0.5) is 0 Å². The molecule has 0 aromatic heterocycles. The predicted octanol–water partition coefficient (Wildman–Crippen LogP) is 2.25. The van der Waals surface area contributed by atoms with E-state index in [0.717, 1.165) is 5.33 Å². The maximum absolute atomic E-state index is 7.78. The van der Waals surface area contributed by atoms with Crippen LogP contribution in [0.3, 0.4) is 0 Å². The van der Waals surface area contributed by atoms with Gasteiger partial charge in [-0.15, -0.1) is 0 Å². The van der Waals surface area contributed by atoms with E-state index in [1.807, 2.05) is 6.08 Å². The number of hydrogen-bond donors (Lipinski definition) is 0. The molecule has 0 aliphatic carbocycles. The first-order valence-electron chi connectivity index (χ1n) is 2.13. The molecule has 0 spiro atoms. The summed E-state index contributed by atoms with van der Waals surface area (Å²) in [6.45, 7) is 0.447. The Labute approximate surface area is 56.1 Å². The van der Waals surface area contributed by atoms with Crippen molar-refractivity contribution in [1.82, 2.24) is 0 Å². The molecule has 0 rings (SSSR count). The summed E-state index contributed by atoms with van der Waals surface area (Å²) in [4.78, 5) is 2.57. The van der Waals surface area contributed by atoms with Gasteiger partial charge in [0.2, 0.25) is 0 Å². The second kappa shape index (κ2) is 6.53. The third kappa shape index (κ3) is 5.53. The molecule has 0 fully saturated rings. The number of halogens is 1. The van der Waals surface area contributed by atoms with Crippen molar-refractivity contribution < 1.29 is 0 Å². The third-order valence-electron chi connectivity index (χ3n) is 0.506. The topological polar surface area (TPSA) is 48.8 Å². The Morgan fingerprint density at radius 2 is 2.38 bits per heavy atom. The van der Waals surface area contributed by atoms with Crippen LogP contribution in [0.2, 0.25) is 0 Å². The second-order valence-electron chi connectivity index (χ2n) is 1.04. The smallest absolute Gasteiger partial charge is 0.0440 e. The first-order valence-corrected chi connectivity index (χ1v) is 3.25. The number of hydrogen-bond acceptors (Lipinski definition) is 1. The van der Waals surface area contributed by atoms with Crippen molar-refractivity contribution in [3.8, 4) is 0 Å². The van der Waals surface area contributed by atoms with Crippen molar-refractivity contribution >= 4 is 15.9 Å². The molecule has 3 nitrogen and oxygen atoms in total. The van der Waals surface area contributed by atoms with Crippen LogP contribution in [0.15, 0.2) is 17.3 Å². The zero-order valence-corrected chi connectivity index (χ0v) is 5.87. The van der Waals surface area contributed by atoms with Gasteiger partial charge in [0.1, 0.15) is 0 Å². The highest BCUT2D eigenvalue weighted by atomic mass is 79.9. The van der Waals surface area contributed by atoms with E-state index < -0.39 is 0 Å². The summed E-state index contributed by atoms with van der Waals surface area (Å²) in [5.41, 5.74) is 7.78. The van der Waals surface area contributed by atoms with E-state index in [1.54, 1.807) is 6.08 Å². The molecular formula is C4H6BrN3. The van der Waals surface area contributed by atoms with E-state index in [9.17, 15) is 0 Å². The lowest BCUT2D eigenvalue weighted by molar-refractivity contribution is 1.21. The van der Waals surface area contributed by atoms with Gasteiger partial charge in [0, 0.05) is 16.8 Å². The zero-order chi connectivity index (χ0) is 6.24. The standard InChI is InChI=1S/C4H6BrN3/c5-3-1-2-4-7-8-6/h1-2H,3-4H2/b2-1+. The van der Waals surface area contributed by atoms with Gasteiger partial charge in [0.25, 0.3) is 0 Å². The average molecular weight is 176 g/mol. The summed E-state index contributed by atoms with van der Waals surface area (Å²) in [6, 6.07) is 0. The lowest BCUT2D eigenvalue weighted by Gasteiger charge is -1.73. The predicted molar refractivity (Wildman–Crippen MR) is 36.9 cm³/mol. The third-order valence-corrected chi connectivity index (χ3v) is 0.880. The van der Waals surface area contributed by atoms with Gasteiger partial charge in [-0.1, -0.05) is 33.2 Å². The summed E-state index contributed by atoms with van der Waals surface area (Å²) in [5.74, 6) is 0. The molecule has 4 heteroatoms. The lowest BCUT2D eigenvalue weighted by Crippen LogP contribution is -1.66. The first kappa shape index (κ1) is 7.53. The van der Waals surface area contributed by atoms with E-state index in [-0.39, 0.29) is 0 Å². The van der Waals surface area contributed by atoms with Gasteiger partial charge in [-0.3, -0.25) is 0 Å². The van der Waals surface area contributed by atoms with Crippen LogP contribution in [0.25, 0.3) is 10.4 Å². The van der Waals surface area contributed by atoms with Crippen LogP contribution in [0, 0.1) is 0 Å². The molecule has 0 amide bonds. The molecule has 0 atom stereocenters. The highest BCUT2D eigenvalue weighted by molar-refractivity contribution is 9.09. The van der Waals surface area contributed by atoms with Crippen molar-refractivity contribution in [2.24, 2.45) is 5.11 Å². The summed E-state index contributed by atoms with van der Waals surface area (Å²) < 4.78 is 0. The first-order chi connectivity index (χ1) is 3.91. The Kier molecular flexibility index (Phi) is 6.15. The Bertz CT molecular complexity index is 114. The minimum Gasteiger partial charge on any atom is -0.0899 e. The van der Waals surface area contributed by atoms with Crippen LogP contribution in [-0.2, 0) is 0 Å². The van der Waals surface area contributed by atoms with Gasteiger partial charge in [0.05, 0.1) is 0 Å². The fourth-order valence-electron chi connectivity index (χ4n) is 0.221. The minimum atomic E-state index is 0.447. The molecule has 8 heavy (non-hydrogen) atoms. The van der Waals surface area contributed by atoms with Crippen LogP contribution in [0.5, 0.6) is 0 Å². The van der Waals surface area contributed by atoms with Crippen molar-refractivity contribution in [1.29, 1.82) is 0 Å². The van der Waals surface area contributed by atoms with Crippen molar-refractivity contribution in [2.75, 3.05) is 11.9 Å². The summed E-state index contributed by atoms with van der Waals surface area (Å²) in [6.07, 6.45) is 3.68. The fourth-order valence-corrected chi connectivity index (χ4v) is 0.486. The Balaban J connectivity index is 3.15. The molecule has 0 saturated heterocycles. The Hall–Kier alpha value is -0.470. The molecule has 0 saturated carbocycles. The molecule has 0 aromatic rings. The molecule has 0 N–H and O–H groups in total. The molecule has 0 aliphatic rings. The lowest BCUT2D eigenvalue weighted by atomic mass is 10.5. The van der Waals surface area contributed by atoms with E-state index in [0.29, 0.717) is 6.54 Å². The van der Waals surface area contributed by atoms with Crippen LogP contribution < -0.4 is 0 Å². The van der Waals surface area contributed by atoms with Gasteiger partial charge in [0.15, 0.2) is 0 Å². The molecule has 0 unspecified atom stereocenters. The summed E-state index contributed by atoms with van der Waals surface area (Å²) in [7, 11) is 0. The van der Waals surface area contributed by atoms with Crippen LogP contribution >= 0.6 is 15.9 Å².